The third kappa shape index (κ3) is 2.98. The van der Waals surface area contributed by atoms with Crippen LogP contribution in [0.4, 0.5) is 17.6 Å². The lowest BCUT2D eigenvalue weighted by molar-refractivity contribution is 0.895. The highest BCUT2D eigenvalue weighted by molar-refractivity contribution is 7.16. The maximum atomic E-state index is 5.88. The van der Waals surface area contributed by atoms with Crippen molar-refractivity contribution in [3.8, 4) is 0 Å². The Labute approximate surface area is 108 Å². The predicted molar refractivity (Wildman–Crippen MR) is 72.2 cm³/mol. The summed E-state index contributed by atoms with van der Waals surface area (Å²) in [6, 6.07) is 5.56. The first-order valence-corrected chi connectivity index (χ1v) is 6.16. The van der Waals surface area contributed by atoms with E-state index in [4.69, 9.17) is 23.1 Å². The summed E-state index contributed by atoms with van der Waals surface area (Å²) >= 11 is 7.40. The Hall–Kier alpha value is -1.53. The van der Waals surface area contributed by atoms with E-state index in [-0.39, 0.29) is 12.0 Å². The lowest BCUT2D eigenvalue weighted by Gasteiger charge is -2.13. The summed E-state index contributed by atoms with van der Waals surface area (Å²) < 4.78 is 0.760. The second kappa shape index (κ2) is 4.77. The number of halogens is 1. The van der Waals surface area contributed by atoms with Gasteiger partial charge in [0.1, 0.15) is 11.6 Å². The van der Waals surface area contributed by atoms with Gasteiger partial charge < -0.3 is 16.8 Å². The van der Waals surface area contributed by atoms with E-state index in [1.54, 1.807) is 6.07 Å². The van der Waals surface area contributed by atoms with Crippen LogP contribution < -0.4 is 16.8 Å². The van der Waals surface area contributed by atoms with Crippen LogP contribution in [0.5, 0.6) is 0 Å². The molecule has 0 bridgehead atoms. The average Bonchev–Trinajstić information content (AvgIpc) is 2.63. The third-order valence-corrected chi connectivity index (χ3v) is 3.56. The van der Waals surface area contributed by atoms with Gasteiger partial charge in [0.25, 0.3) is 0 Å². The molecule has 0 aliphatic carbocycles. The molecular weight excluding hydrogens is 258 g/mol. The van der Waals surface area contributed by atoms with Gasteiger partial charge in [-0.2, -0.15) is 9.97 Å². The van der Waals surface area contributed by atoms with Crippen LogP contribution in [0.2, 0.25) is 4.34 Å². The topological polar surface area (TPSA) is 89.8 Å². The summed E-state index contributed by atoms with van der Waals surface area (Å²) in [7, 11) is 0. The molecule has 2 rings (SSSR count). The monoisotopic (exact) mass is 269 g/mol. The van der Waals surface area contributed by atoms with Crippen molar-refractivity contribution >= 4 is 40.5 Å². The molecule has 17 heavy (non-hydrogen) atoms. The van der Waals surface area contributed by atoms with Gasteiger partial charge in [0.15, 0.2) is 0 Å². The van der Waals surface area contributed by atoms with Gasteiger partial charge in [-0.15, -0.1) is 11.3 Å². The fraction of sp³-hybridized carbons (Fsp3) is 0.200. The summed E-state index contributed by atoms with van der Waals surface area (Å²) in [6.45, 7) is 2.01. The molecule has 0 spiro atoms. The summed E-state index contributed by atoms with van der Waals surface area (Å²) in [5.74, 6) is 1.10. The number of aromatic nitrogens is 2. The summed E-state index contributed by atoms with van der Waals surface area (Å²) in [5.41, 5.74) is 11.1. The standard InChI is InChI=1S/C10H12ClN5S/c1-5(6-2-3-7(11)17-6)14-9-4-8(12)15-10(13)16-9/h2-5H,1H3,(H5,12,13,14,15,16). The molecule has 0 aliphatic rings. The van der Waals surface area contributed by atoms with Gasteiger partial charge in [0.05, 0.1) is 10.4 Å². The molecule has 5 N–H and O–H groups in total. The van der Waals surface area contributed by atoms with Crippen molar-refractivity contribution in [3.63, 3.8) is 0 Å². The van der Waals surface area contributed by atoms with E-state index in [2.05, 4.69) is 15.3 Å². The fourth-order valence-electron chi connectivity index (χ4n) is 1.41. The minimum atomic E-state index is 0.0844. The predicted octanol–water partition coefficient (Wildman–Crippen LogP) is 2.53. The SMILES string of the molecule is CC(Nc1cc(N)nc(N)n1)c1ccc(Cl)s1. The van der Waals surface area contributed by atoms with Crippen molar-refractivity contribution in [1.29, 1.82) is 0 Å². The molecule has 0 aromatic carbocycles. The van der Waals surface area contributed by atoms with Crippen molar-refractivity contribution in [2.75, 3.05) is 16.8 Å². The Kier molecular flexibility index (Phi) is 3.35. The molecule has 0 aliphatic heterocycles. The molecule has 2 aromatic heterocycles. The third-order valence-electron chi connectivity index (χ3n) is 2.15. The Bertz CT molecular complexity index is 507. The van der Waals surface area contributed by atoms with E-state index in [0.717, 1.165) is 9.21 Å². The fourth-order valence-corrected chi connectivity index (χ4v) is 2.48. The van der Waals surface area contributed by atoms with Gasteiger partial charge in [0.2, 0.25) is 5.95 Å². The zero-order valence-corrected chi connectivity index (χ0v) is 10.7. The highest BCUT2D eigenvalue weighted by atomic mass is 35.5. The maximum absolute atomic E-state index is 5.88. The molecule has 2 heterocycles. The maximum Gasteiger partial charge on any atom is 0.223 e. The second-order valence-corrected chi connectivity index (χ2v) is 5.29. The van der Waals surface area contributed by atoms with Gasteiger partial charge in [-0.3, -0.25) is 0 Å². The number of nitrogens with zero attached hydrogens (tertiary/aromatic N) is 2. The Balaban J connectivity index is 2.15. The number of nitrogen functional groups attached to an aromatic ring is 2. The quantitative estimate of drug-likeness (QED) is 0.797. The van der Waals surface area contributed by atoms with Crippen LogP contribution in [0.3, 0.4) is 0 Å². The molecule has 5 nitrogen and oxygen atoms in total. The molecule has 2 aromatic rings. The Morgan fingerprint density at radius 3 is 2.71 bits per heavy atom. The first kappa shape index (κ1) is 11.9. The molecule has 1 atom stereocenters. The number of rotatable bonds is 3. The molecule has 7 heteroatoms. The lowest BCUT2D eigenvalue weighted by atomic mass is 10.3. The van der Waals surface area contributed by atoms with Gasteiger partial charge in [-0.25, -0.2) is 0 Å². The van der Waals surface area contributed by atoms with Crippen LogP contribution in [0.1, 0.15) is 17.8 Å². The molecule has 90 valence electrons. The first-order valence-electron chi connectivity index (χ1n) is 4.96. The number of hydrogen-bond acceptors (Lipinski definition) is 6. The second-order valence-electron chi connectivity index (χ2n) is 3.54. The van der Waals surface area contributed by atoms with Crippen molar-refractivity contribution in [2.45, 2.75) is 13.0 Å². The van der Waals surface area contributed by atoms with E-state index in [1.165, 1.54) is 11.3 Å². The minimum Gasteiger partial charge on any atom is -0.383 e. The van der Waals surface area contributed by atoms with Crippen molar-refractivity contribution < 1.29 is 0 Å². The highest BCUT2D eigenvalue weighted by Gasteiger charge is 2.09. The molecule has 0 saturated heterocycles. The number of nitrogens with two attached hydrogens (primary N) is 2. The van der Waals surface area contributed by atoms with E-state index in [1.807, 2.05) is 19.1 Å². The van der Waals surface area contributed by atoms with E-state index < -0.39 is 0 Å². The van der Waals surface area contributed by atoms with Crippen molar-refractivity contribution in [3.05, 3.63) is 27.4 Å². The largest absolute Gasteiger partial charge is 0.383 e. The average molecular weight is 270 g/mol. The number of thiophene rings is 1. The summed E-state index contributed by atoms with van der Waals surface area (Å²) in [4.78, 5) is 8.97. The van der Waals surface area contributed by atoms with Gasteiger partial charge in [-0.1, -0.05) is 11.6 Å². The van der Waals surface area contributed by atoms with E-state index in [0.29, 0.717) is 11.6 Å². The Morgan fingerprint density at radius 1 is 1.35 bits per heavy atom. The van der Waals surface area contributed by atoms with Gasteiger partial charge in [-0.05, 0) is 19.1 Å². The molecule has 0 fully saturated rings. The van der Waals surface area contributed by atoms with Gasteiger partial charge in [0, 0.05) is 10.9 Å². The normalized spacial score (nSPS) is 12.4. The molecule has 0 amide bonds. The number of nitrogens with one attached hydrogen (secondary N) is 1. The highest BCUT2D eigenvalue weighted by Crippen LogP contribution is 2.28. The first-order chi connectivity index (χ1) is 8.04. The molecule has 0 saturated carbocycles. The molecule has 1 unspecified atom stereocenters. The van der Waals surface area contributed by atoms with Crippen LogP contribution in [0.25, 0.3) is 0 Å². The minimum absolute atomic E-state index is 0.0844. The van der Waals surface area contributed by atoms with Crippen LogP contribution in [0, 0.1) is 0 Å². The van der Waals surface area contributed by atoms with Crippen LogP contribution in [-0.2, 0) is 0 Å². The van der Waals surface area contributed by atoms with Crippen LogP contribution in [0.15, 0.2) is 18.2 Å². The molecule has 0 radical (unpaired) electrons. The van der Waals surface area contributed by atoms with E-state index >= 15 is 0 Å². The van der Waals surface area contributed by atoms with Crippen molar-refractivity contribution in [1.82, 2.24) is 9.97 Å². The zero-order chi connectivity index (χ0) is 12.4. The van der Waals surface area contributed by atoms with Crippen LogP contribution >= 0.6 is 22.9 Å². The van der Waals surface area contributed by atoms with Crippen molar-refractivity contribution in [2.24, 2.45) is 0 Å². The summed E-state index contributed by atoms with van der Waals surface area (Å²) in [6.07, 6.45) is 0. The summed E-state index contributed by atoms with van der Waals surface area (Å²) in [5, 5.41) is 3.19. The lowest BCUT2D eigenvalue weighted by Crippen LogP contribution is -2.09. The Morgan fingerprint density at radius 2 is 2.12 bits per heavy atom. The van der Waals surface area contributed by atoms with Crippen LogP contribution in [-0.4, -0.2) is 9.97 Å². The van der Waals surface area contributed by atoms with E-state index in [9.17, 15) is 0 Å². The van der Waals surface area contributed by atoms with Gasteiger partial charge >= 0.3 is 0 Å². The number of hydrogen-bond donors (Lipinski definition) is 3. The molecular formula is C10H12ClN5S. The zero-order valence-electron chi connectivity index (χ0n) is 9.14. The number of anilines is 3. The smallest absolute Gasteiger partial charge is 0.223 e.